The second kappa shape index (κ2) is 9.78. The molecule has 0 unspecified atom stereocenters. The van der Waals surface area contributed by atoms with Gasteiger partial charge in [-0.15, -0.1) is 0 Å². The number of unbranched alkanes of at least 4 members (excludes halogenated alkanes) is 1. The SMILES string of the molecule is O=C(NCCCCNC(=O)Nc1cccnc1)Nc1cccnc1. The molecule has 0 aliphatic carbocycles. The van der Waals surface area contributed by atoms with Crippen LogP contribution in [0.4, 0.5) is 21.0 Å². The van der Waals surface area contributed by atoms with Gasteiger partial charge in [-0.1, -0.05) is 0 Å². The third-order valence-electron chi connectivity index (χ3n) is 3.01. The summed E-state index contributed by atoms with van der Waals surface area (Å²) < 4.78 is 0. The lowest BCUT2D eigenvalue weighted by molar-refractivity contribution is 0.250. The highest BCUT2D eigenvalue weighted by Gasteiger charge is 2.02. The molecule has 0 radical (unpaired) electrons. The molecule has 2 aromatic heterocycles. The monoisotopic (exact) mass is 328 g/mol. The van der Waals surface area contributed by atoms with Crippen molar-refractivity contribution in [3.8, 4) is 0 Å². The van der Waals surface area contributed by atoms with Gasteiger partial charge in [0.05, 0.1) is 23.8 Å². The van der Waals surface area contributed by atoms with Gasteiger partial charge in [0, 0.05) is 25.5 Å². The summed E-state index contributed by atoms with van der Waals surface area (Å²) in [5, 5.41) is 10.8. The number of carbonyl (C=O) groups excluding carboxylic acids is 2. The average molecular weight is 328 g/mol. The highest BCUT2D eigenvalue weighted by Crippen LogP contribution is 2.02. The average Bonchev–Trinajstić information content (AvgIpc) is 2.60. The maximum atomic E-state index is 11.6. The summed E-state index contributed by atoms with van der Waals surface area (Å²) in [4.78, 5) is 31.1. The fourth-order valence-corrected chi connectivity index (χ4v) is 1.88. The molecule has 2 aromatic rings. The van der Waals surface area contributed by atoms with Crippen molar-refractivity contribution in [2.24, 2.45) is 0 Å². The Hall–Kier alpha value is -3.16. The third-order valence-corrected chi connectivity index (χ3v) is 3.01. The largest absolute Gasteiger partial charge is 0.338 e. The molecule has 0 aliphatic heterocycles. The Labute approximate surface area is 140 Å². The van der Waals surface area contributed by atoms with Gasteiger partial charge >= 0.3 is 12.1 Å². The van der Waals surface area contributed by atoms with E-state index in [2.05, 4.69) is 31.2 Å². The number of carbonyl (C=O) groups is 2. The van der Waals surface area contributed by atoms with Crippen LogP contribution in [0, 0.1) is 0 Å². The van der Waals surface area contributed by atoms with Crippen LogP contribution in [0.1, 0.15) is 12.8 Å². The number of anilines is 2. The number of amides is 4. The Morgan fingerprint density at radius 1 is 0.792 bits per heavy atom. The van der Waals surface area contributed by atoms with Gasteiger partial charge in [-0.3, -0.25) is 9.97 Å². The van der Waals surface area contributed by atoms with E-state index in [0.29, 0.717) is 24.5 Å². The summed E-state index contributed by atoms with van der Waals surface area (Å²) in [6.45, 7) is 1.05. The quantitative estimate of drug-likeness (QED) is 0.584. The minimum atomic E-state index is -0.273. The predicted octanol–water partition coefficient (Wildman–Crippen LogP) is 2.20. The van der Waals surface area contributed by atoms with E-state index < -0.39 is 0 Å². The molecule has 0 aromatic carbocycles. The minimum Gasteiger partial charge on any atom is -0.338 e. The van der Waals surface area contributed by atoms with Crippen LogP contribution in [0.5, 0.6) is 0 Å². The van der Waals surface area contributed by atoms with Crippen LogP contribution in [0.15, 0.2) is 49.1 Å². The number of urea groups is 2. The number of rotatable bonds is 7. The van der Waals surface area contributed by atoms with E-state index in [-0.39, 0.29) is 12.1 Å². The Balaban J connectivity index is 1.50. The summed E-state index contributed by atoms with van der Waals surface area (Å²) in [7, 11) is 0. The normalized spacial score (nSPS) is 9.83. The first-order valence-corrected chi connectivity index (χ1v) is 7.64. The molecule has 0 saturated carbocycles. The molecule has 24 heavy (non-hydrogen) atoms. The molecule has 2 heterocycles. The molecular weight excluding hydrogens is 308 g/mol. The number of nitrogens with one attached hydrogen (secondary N) is 4. The van der Waals surface area contributed by atoms with Gasteiger partial charge in [-0.25, -0.2) is 9.59 Å². The fraction of sp³-hybridized carbons (Fsp3) is 0.250. The van der Waals surface area contributed by atoms with Crippen molar-refractivity contribution in [3.05, 3.63) is 49.1 Å². The molecule has 4 amide bonds. The van der Waals surface area contributed by atoms with Crippen molar-refractivity contribution in [2.45, 2.75) is 12.8 Å². The summed E-state index contributed by atoms with van der Waals surface area (Å²) >= 11 is 0. The molecule has 0 bridgehead atoms. The van der Waals surface area contributed by atoms with Gasteiger partial charge in [0.15, 0.2) is 0 Å². The smallest absolute Gasteiger partial charge is 0.319 e. The van der Waals surface area contributed by atoms with Crippen LogP contribution in [-0.4, -0.2) is 35.1 Å². The molecule has 0 spiro atoms. The maximum absolute atomic E-state index is 11.6. The molecule has 2 rings (SSSR count). The minimum absolute atomic E-state index is 0.273. The number of hydrogen-bond acceptors (Lipinski definition) is 4. The summed E-state index contributed by atoms with van der Waals surface area (Å²) in [5.41, 5.74) is 1.28. The van der Waals surface area contributed by atoms with Gasteiger partial charge in [0.2, 0.25) is 0 Å². The van der Waals surface area contributed by atoms with Gasteiger partial charge in [0.25, 0.3) is 0 Å². The van der Waals surface area contributed by atoms with Gasteiger partial charge in [-0.05, 0) is 37.1 Å². The highest BCUT2D eigenvalue weighted by molar-refractivity contribution is 5.89. The van der Waals surface area contributed by atoms with Crippen LogP contribution in [0.3, 0.4) is 0 Å². The lowest BCUT2D eigenvalue weighted by Crippen LogP contribution is -2.31. The first kappa shape index (κ1) is 17.2. The summed E-state index contributed by atoms with van der Waals surface area (Å²) in [5.74, 6) is 0. The molecule has 0 saturated heterocycles. The van der Waals surface area contributed by atoms with Crippen LogP contribution in [-0.2, 0) is 0 Å². The van der Waals surface area contributed by atoms with Gasteiger partial charge < -0.3 is 21.3 Å². The first-order chi connectivity index (χ1) is 11.7. The second-order valence-electron chi connectivity index (χ2n) is 4.95. The summed E-state index contributed by atoms with van der Waals surface area (Å²) in [6, 6.07) is 6.47. The lowest BCUT2D eigenvalue weighted by Gasteiger charge is -2.08. The van der Waals surface area contributed by atoms with Crippen LogP contribution >= 0.6 is 0 Å². The van der Waals surface area contributed by atoms with Crippen LogP contribution in [0.2, 0.25) is 0 Å². The van der Waals surface area contributed by atoms with Crippen molar-refractivity contribution in [2.75, 3.05) is 23.7 Å². The van der Waals surface area contributed by atoms with E-state index >= 15 is 0 Å². The molecule has 0 aliphatic rings. The Morgan fingerprint density at radius 2 is 1.25 bits per heavy atom. The third kappa shape index (κ3) is 6.73. The Bertz CT molecular complexity index is 578. The first-order valence-electron chi connectivity index (χ1n) is 7.64. The Morgan fingerprint density at radius 3 is 1.62 bits per heavy atom. The molecule has 8 heteroatoms. The lowest BCUT2D eigenvalue weighted by atomic mass is 10.3. The number of pyridine rings is 2. The maximum Gasteiger partial charge on any atom is 0.319 e. The number of hydrogen-bond donors (Lipinski definition) is 4. The summed E-state index contributed by atoms with van der Waals surface area (Å²) in [6.07, 6.45) is 7.94. The van der Waals surface area contributed by atoms with Crippen LogP contribution < -0.4 is 21.3 Å². The van der Waals surface area contributed by atoms with E-state index in [0.717, 1.165) is 12.8 Å². The van der Waals surface area contributed by atoms with Crippen molar-refractivity contribution < 1.29 is 9.59 Å². The molecule has 126 valence electrons. The fourth-order valence-electron chi connectivity index (χ4n) is 1.88. The van der Waals surface area contributed by atoms with E-state index in [9.17, 15) is 9.59 Å². The van der Waals surface area contributed by atoms with Crippen LogP contribution in [0.25, 0.3) is 0 Å². The number of nitrogens with zero attached hydrogens (tertiary/aromatic N) is 2. The zero-order valence-corrected chi connectivity index (χ0v) is 13.2. The van der Waals surface area contributed by atoms with Crippen molar-refractivity contribution >= 4 is 23.4 Å². The molecule has 4 N–H and O–H groups in total. The zero-order chi connectivity index (χ0) is 17.0. The Kier molecular flexibility index (Phi) is 7.00. The van der Waals surface area contributed by atoms with E-state index in [1.165, 1.54) is 0 Å². The van der Waals surface area contributed by atoms with Crippen molar-refractivity contribution in [1.29, 1.82) is 0 Å². The molecule has 0 atom stereocenters. The van der Waals surface area contributed by atoms with Gasteiger partial charge in [-0.2, -0.15) is 0 Å². The van der Waals surface area contributed by atoms with Crippen molar-refractivity contribution in [1.82, 2.24) is 20.6 Å². The molecule has 8 nitrogen and oxygen atoms in total. The van der Waals surface area contributed by atoms with Gasteiger partial charge in [0.1, 0.15) is 0 Å². The highest BCUT2D eigenvalue weighted by atomic mass is 16.2. The van der Waals surface area contributed by atoms with E-state index in [1.807, 2.05) is 0 Å². The standard InChI is InChI=1S/C16H20N6O2/c23-15(21-13-5-3-7-17-11-13)19-9-1-2-10-20-16(24)22-14-6-4-8-18-12-14/h3-8,11-12H,1-2,9-10H2,(H2,19,21,23)(H2,20,22,24). The zero-order valence-electron chi connectivity index (χ0n) is 13.2. The van der Waals surface area contributed by atoms with E-state index in [4.69, 9.17) is 0 Å². The second-order valence-corrected chi connectivity index (χ2v) is 4.95. The number of aromatic nitrogens is 2. The topological polar surface area (TPSA) is 108 Å². The molecular formula is C16H20N6O2. The van der Waals surface area contributed by atoms with E-state index in [1.54, 1.807) is 49.1 Å². The predicted molar refractivity (Wildman–Crippen MR) is 91.8 cm³/mol. The molecule has 0 fully saturated rings. The van der Waals surface area contributed by atoms with Crippen molar-refractivity contribution in [3.63, 3.8) is 0 Å².